The van der Waals surface area contributed by atoms with Crippen molar-refractivity contribution < 1.29 is 9.53 Å². The Morgan fingerprint density at radius 3 is 2.95 bits per heavy atom. The third-order valence-corrected chi connectivity index (χ3v) is 3.41. The molecule has 1 aromatic rings. The van der Waals surface area contributed by atoms with E-state index >= 15 is 0 Å². The lowest BCUT2D eigenvalue weighted by Crippen LogP contribution is -2.28. The molecule has 1 saturated heterocycles. The van der Waals surface area contributed by atoms with Gasteiger partial charge in [-0.1, -0.05) is 6.07 Å². The van der Waals surface area contributed by atoms with E-state index in [-0.39, 0.29) is 5.91 Å². The molecular weight excluding hydrogens is 240 g/mol. The lowest BCUT2D eigenvalue weighted by atomic mass is 9.95. The first-order chi connectivity index (χ1) is 9.24. The van der Waals surface area contributed by atoms with Crippen molar-refractivity contribution in [1.29, 1.82) is 0 Å². The van der Waals surface area contributed by atoms with Crippen LogP contribution < -0.4 is 15.4 Å². The van der Waals surface area contributed by atoms with Crippen molar-refractivity contribution in [2.45, 2.75) is 26.2 Å². The van der Waals surface area contributed by atoms with Crippen molar-refractivity contribution in [1.82, 2.24) is 5.32 Å². The van der Waals surface area contributed by atoms with E-state index in [1.54, 1.807) is 0 Å². The Morgan fingerprint density at radius 2 is 2.21 bits per heavy atom. The smallest absolute Gasteiger partial charge is 0.221 e. The first-order valence-electron chi connectivity index (χ1n) is 6.95. The van der Waals surface area contributed by atoms with E-state index in [1.807, 2.05) is 24.3 Å². The molecule has 4 nitrogen and oxygen atoms in total. The van der Waals surface area contributed by atoms with Gasteiger partial charge in [-0.05, 0) is 50.4 Å². The Bertz CT molecular complexity index is 414. The Balaban J connectivity index is 1.77. The van der Waals surface area contributed by atoms with Crippen LogP contribution in [0.5, 0.6) is 5.75 Å². The molecule has 0 unspecified atom stereocenters. The fourth-order valence-corrected chi connectivity index (χ4v) is 2.38. The Labute approximate surface area is 114 Å². The highest BCUT2D eigenvalue weighted by atomic mass is 16.5. The molecule has 0 spiro atoms. The van der Waals surface area contributed by atoms with E-state index in [0.29, 0.717) is 0 Å². The number of nitrogens with one attached hydrogen (secondary N) is 2. The molecule has 1 aliphatic rings. The summed E-state index contributed by atoms with van der Waals surface area (Å²) in [6.45, 7) is 4.50. The average molecular weight is 262 g/mol. The van der Waals surface area contributed by atoms with Gasteiger partial charge in [0.1, 0.15) is 5.75 Å². The van der Waals surface area contributed by atoms with Gasteiger partial charge in [0.05, 0.1) is 6.61 Å². The lowest BCUT2D eigenvalue weighted by Gasteiger charge is -2.22. The second-order valence-corrected chi connectivity index (χ2v) is 5.04. The van der Waals surface area contributed by atoms with Gasteiger partial charge in [0.25, 0.3) is 0 Å². The summed E-state index contributed by atoms with van der Waals surface area (Å²) in [6.07, 6.45) is 3.59. The van der Waals surface area contributed by atoms with Gasteiger partial charge < -0.3 is 15.4 Å². The molecule has 104 valence electrons. The molecule has 0 bridgehead atoms. The topological polar surface area (TPSA) is 50.4 Å². The molecule has 0 aromatic heterocycles. The van der Waals surface area contributed by atoms with Gasteiger partial charge in [-0.25, -0.2) is 0 Å². The average Bonchev–Trinajstić information content (AvgIpc) is 2.40. The van der Waals surface area contributed by atoms with Gasteiger partial charge in [0.15, 0.2) is 0 Å². The summed E-state index contributed by atoms with van der Waals surface area (Å²) in [5, 5.41) is 6.13. The maximum absolute atomic E-state index is 11.0. The summed E-state index contributed by atoms with van der Waals surface area (Å²) >= 11 is 0. The zero-order valence-electron chi connectivity index (χ0n) is 11.4. The highest BCUT2D eigenvalue weighted by Gasteiger charge is 2.12. The normalized spacial score (nSPS) is 16.1. The van der Waals surface area contributed by atoms with Gasteiger partial charge in [-0.2, -0.15) is 0 Å². The van der Waals surface area contributed by atoms with Crippen LogP contribution in [0.3, 0.4) is 0 Å². The first-order valence-corrected chi connectivity index (χ1v) is 6.95. The summed E-state index contributed by atoms with van der Waals surface area (Å²) in [5.41, 5.74) is 0.784. The molecule has 1 amide bonds. The summed E-state index contributed by atoms with van der Waals surface area (Å²) in [4.78, 5) is 11.0. The minimum absolute atomic E-state index is 0.0631. The van der Waals surface area contributed by atoms with E-state index in [2.05, 4.69) is 10.6 Å². The number of benzene rings is 1. The van der Waals surface area contributed by atoms with Crippen LogP contribution in [-0.4, -0.2) is 25.6 Å². The number of hydrogen-bond acceptors (Lipinski definition) is 3. The summed E-state index contributed by atoms with van der Waals surface area (Å²) in [7, 11) is 0. The van der Waals surface area contributed by atoms with Crippen molar-refractivity contribution >= 4 is 11.6 Å². The summed E-state index contributed by atoms with van der Waals surface area (Å²) in [5.74, 6) is 1.53. The van der Waals surface area contributed by atoms with Crippen molar-refractivity contribution in [2.75, 3.05) is 25.0 Å². The maximum atomic E-state index is 11.0. The van der Waals surface area contributed by atoms with Gasteiger partial charge in [-0.15, -0.1) is 0 Å². The fraction of sp³-hybridized carbons (Fsp3) is 0.533. The second kappa shape index (κ2) is 7.14. The summed E-state index contributed by atoms with van der Waals surface area (Å²) in [6, 6.07) is 7.55. The highest BCUT2D eigenvalue weighted by molar-refractivity contribution is 5.88. The molecule has 2 rings (SSSR count). The Morgan fingerprint density at radius 1 is 1.42 bits per heavy atom. The van der Waals surface area contributed by atoms with Crippen molar-refractivity contribution in [2.24, 2.45) is 5.92 Å². The van der Waals surface area contributed by atoms with Crippen molar-refractivity contribution in [3.8, 4) is 5.75 Å². The van der Waals surface area contributed by atoms with E-state index < -0.39 is 0 Å². The molecule has 1 aliphatic heterocycles. The minimum Gasteiger partial charge on any atom is -0.494 e. The number of piperidine rings is 1. The van der Waals surface area contributed by atoms with Crippen LogP contribution >= 0.6 is 0 Å². The summed E-state index contributed by atoms with van der Waals surface area (Å²) < 4.78 is 5.76. The van der Waals surface area contributed by atoms with Gasteiger partial charge in [0.2, 0.25) is 5.91 Å². The van der Waals surface area contributed by atoms with Crippen LogP contribution in [0, 0.1) is 5.92 Å². The number of amides is 1. The number of anilines is 1. The fourth-order valence-electron chi connectivity index (χ4n) is 2.38. The Kier molecular flexibility index (Phi) is 5.21. The minimum atomic E-state index is -0.0631. The zero-order chi connectivity index (χ0) is 13.5. The third-order valence-electron chi connectivity index (χ3n) is 3.41. The van der Waals surface area contributed by atoms with Crippen molar-refractivity contribution in [3.63, 3.8) is 0 Å². The molecule has 4 heteroatoms. The zero-order valence-corrected chi connectivity index (χ0v) is 11.4. The SMILES string of the molecule is CC(=O)Nc1cccc(OCCC2CCNCC2)c1. The second-order valence-electron chi connectivity index (χ2n) is 5.04. The quantitative estimate of drug-likeness (QED) is 0.856. The molecular formula is C15H22N2O2. The van der Waals surface area contributed by atoms with Gasteiger partial charge in [0, 0.05) is 18.7 Å². The van der Waals surface area contributed by atoms with Crippen LogP contribution in [0.2, 0.25) is 0 Å². The molecule has 0 radical (unpaired) electrons. The third kappa shape index (κ3) is 4.91. The first kappa shape index (κ1) is 13.9. The predicted octanol–water partition coefficient (Wildman–Crippen LogP) is 2.41. The van der Waals surface area contributed by atoms with Gasteiger partial charge in [-0.3, -0.25) is 4.79 Å². The molecule has 1 aromatic carbocycles. The maximum Gasteiger partial charge on any atom is 0.221 e. The number of hydrogen-bond donors (Lipinski definition) is 2. The number of carbonyl (C=O) groups excluding carboxylic acids is 1. The van der Waals surface area contributed by atoms with Crippen LogP contribution in [0.1, 0.15) is 26.2 Å². The predicted molar refractivity (Wildman–Crippen MR) is 76.5 cm³/mol. The van der Waals surface area contributed by atoms with Crippen molar-refractivity contribution in [3.05, 3.63) is 24.3 Å². The number of carbonyl (C=O) groups is 1. The monoisotopic (exact) mass is 262 g/mol. The van der Waals surface area contributed by atoms with Crippen LogP contribution in [0.25, 0.3) is 0 Å². The molecule has 1 heterocycles. The Hall–Kier alpha value is -1.55. The number of ether oxygens (including phenoxy) is 1. The number of rotatable bonds is 5. The molecule has 2 N–H and O–H groups in total. The van der Waals surface area contributed by atoms with E-state index in [0.717, 1.165) is 43.5 Å². The standard InChI is InChI=1S/C15H22N2O2/c1-12(18)17-14-3-2-4-15(11-14)19-10-7-13-5-8-16-9-6-13/h2-4,11,13,16H,5-10H2,1H3,(H,17,18). The van der Waals surface area contributed by atoms with E-state index in [4.69, 9.17) is 4.74 Å². The lowest BCUT2D eigenvalue weighted by molar-refractivity contribution is -0.114. The molecule has 0 aliphatic carbocycles. The largest absolute Gasteiger partial charge is 0.494 e. The highest BCUT2D eigenvalue weighted by Crippen LogP contribution is 2.20. The molecule has 0 saturated carbocycles. The van der Waals surface area contributed by atoms with E-state index in [1.165, 1.54) is 19.8 Å². The van der Waals surface area contributed by atoms with Gasteiger partial charge >= 0.3 is 0 Å². The van der Waals surface area contributed by atoms with Crippen LogP contribution in [0.4, 0.5) is 5.69 Å². The molecule has 0 atom stereocenters. The molecule has 19 heavy (non-hydrogen) atoms. The van der Waals surface area contributed by atoms with Crippen LogP contribution in [-0.2, 0) is 4.79 Å². The van der Waals surface area contributed by atoms with E-state index in [9.17, 15) is 4.79 Å². The van der Waals surface area contributed by atoms with Crippen LogP contribution in [0.15, 0.2) is 24.3 Å². The molecule has 1 fully saturated rings.